The van der Waals surface area contributed by atoms with E-state index in [0.29, 0.717) is 12.0 Å². The number of carbonyl (C=O) groups excluding carboxylic acids is 1. The van der Waals surface area contributed by atoms with Crippen LogP contribution in [0.25, 0.3) is 0 Å². The molecule has 1 atom stereocenters. The van der Waals surface area contributed by atoms with E-state index < -0.39 is 12.0 Å². The Morgan fingerprint density at radius 3 is 2.26 bits per heavy atom. The first-order valence-electron chi connectivity index (χ1n) is 7.35. The lowest BCUT2D eigenvalue weighted by molar-refractivity contribution is -0.141. The zero-order valence-corrected chi connectivity index (χ0v) is 12.5. The molecule has 0 aliphatic rings. The smallest absolute Gasteiger partial charge is 0.326 e. The van der Waals surface area contributed by atoms with Gasteiger partial charge in [-0.1, -0.05) is 42.5 Å². The Morgan fingerprint density at radius 1 is 1.00 bits per heavy atom. The highest BCUT2D eigenvalue weighted by atomic mass is 19.1. The SMILES string of the molecule is O=C(CCc1ccccc1)N[C@@H](Cc1ccc(F)cc1)C(=O)O. The van der Waals surface area contributed by atoms with E-state index in [4.69, 9.17) is 0 Å². The number of carboxylic acids is 1. The van der Waals surface area contributed by atoms with Crippen LogP contribution in [0, 0.1) is 5.82 Å². The molecule has 2 aromatic carbocycles. The molecule has 0 fully saturated rings. The molecule has 0 unspecified atom stereocenters. The van der Waals surface area contributed by atoms with Crippen LogP contribution in [0.3, 0.4) is 0 Å². The Kier molecular flexibility index (Phi) is 5.86. The number of hydrogen-bond donors (Lipinski definition) is 2. The summed E-state index contributed by atoms with van der Waals surface area (Å²) in [7, 11) is 0. The van der Waals surface area contributed by atoms with E-state index in [-0.39, 0.29) is 24.6 Å². The van der Waals surface area contributed by atoms with Gasteiger partial charge in [-0.2, -0.15) is 0 Å². The minimum Gasteiger partial charge on any atom is -0.480 e. The van der Waals surface area contributed by atoms with Gasteiger partial charge >= 0.3 is 5.97 Å². The van der Waals surface area contributed by atoms with Crippen molar-refractivity contribution < 1.29 is 19.1 Å². The van der Waals surface area contributed by atoms with Crippen molar-refractivity contribution in [3.63, 3.8) is 0 Å². The number of rotatable bonds is 7. The molecule has 0 spiro atoms. The molecule has 0 aromatic heterocycles. The highest BCUT2D eigenvalue weighted by Gasteiger charge is 2.20. The van der Waals surface area contributed by atoms with Crippen LogP contribution < -0.4 is 5.32 Å². The van der Waals surface area contributed by atoms with Gasteiger partial charge in [0.2, 0.25) is 5.91 Å². The molecule has 23 heavy (non-hydrogen) atoms. The summed E-state index contributed by atoms with van der Waals surface area (Å²) < 4.78 is 12.9. The number of hydrogen-bond acceptors (Lipinski definition) is 2. The van der Waals surface area contributed by atoms with E-state index in [1.54, 1.807) is 0 Å². The van der Waals surface area contributed by atoms with Gasteiger partial charge in [-0.3, -0.25) is 4.79 Å². The average molecular weight is 315 g/mol. The van der Waals surface area contributed by atoms with Crippen molar-refractivity contribution in [2.45, 2.75) is 25.3 Å². The fourth-order valence-electron chi connectivity index (χ4n) is 2.23. The molecule has 0 heterocycles. The van der Waals surface area contributed by atoms with Gasteiger partial charge in [0.25, 0.3) is 0 Å². The summed E-state index contributed by atoms with van der Waals surface area (Å²) >= 11 is 0. The summed E-state index contributed by atoms with van der Waals surface area (Å²) in [6, 6.07) is 14.1. The summed E-state index contributed by atoms with van der Waals surface area (Å²) in [5, 5.41) is 11.8. The molecule has 0 saturated carbocycles. The molecule has 4 nitrogen and oxygen atoms in total. The molecule has 0 bridgehead atoms. The zero-order chi connectivity index (χ0) is 16.7. The zero-order valence-electron chi connectivity index (χ0n) is 12.5. The molecular formula is C18H18FNO3. The number of aliphatic carboxylic acids is 1. The van der Waals surface area contributed by atoms with Crippen LogP contribution in [0.4, 0.5) is 4.39 Å². The fourth-order valence-corrected chi connectivity index (χ4v) is 2.23. The molecule has 120 valence electrons. The fraction of sp³-hybridized carbons (Fsp3) is 0.222. The van der Waals surface area contributed by atoms with E-state index in [0.717, 1.165) is 5.56 Å². The van der Waals surface area contributed by atoms with Crippen molar-refractivity contribution in [2.24, 2.45) is 0 Å². The van der Waals surface area contributed by atoms with Crippen molar-refractivity contribution in [3.05, 3.63) is 71.5 Å². The normalized spacial score (nSPS) is 11.7. The van der Waals surface area contributed by atoms with Crippen molar-refractivity contribution in [3.8, 4) is 0 Å². The third-order valence-electron chi connectivity index (χ3n) is 3.47. The van der Waals surface area contributed by atoms with Crippen molar-refractivity contribution in [2.75, 3.05) is 0 Å². The Balaban J connectivity index is 1.89. The topological polar surface area (TPSA) is 66.4 Å². The van der Waals surface area contributed by atoms with Crippen molar-refractivity contribution >= 4 is 11.9 Å². The first-order chi connectivity index (χ1) is 11.0. The summed E-state index contributed by atoms with van der Waals surface area (Å²) in [6.45, 7) is 0. The monoisotopic (exact) mass is 315 g/mol. The third kappa shape index (κ3) is 5.54. The molecular weight excluding hydrogens is 297 g/mol. The van der Waals surface area contributed by atoms with Gasteiger partial charge in [0.1, 0.15) is 11.9 Å². The Labute approximate surface area is 134 Å². The van der Waals surface area contributed by atoms with Crippen LogP contribution in [0.15, 0.2) is 54.6 Å². The summed E-state index contributed by atoms with van der Waals surface area (Å²) in [5.41, 5.74) is 1.68. The maximum atomic E-state index is 12.9. The molecule has 1 amide bonds. The van der Waals surface area contributed by atoms with Gasteiger partial charge in [0, 0.05) is 12.8 Å². The highest BCUT2D eigenvalue weighted by molar-refractivity contribution is 5.83. The molecule has 2 aromatic rings. The molecule has 0 radical (unpaired) electrons. The quantitative estimate of drug-likeness (QED) is 0.825. The summed E-state index contributed by atoms with van der Waals surface area (Å²) in [4.78, 5) is 23.2. The van der Waals surface area contributed by atoms with Crippen molar-refractivity contribution in [1.29, 1.82) is 0 Å². The molecule has 0 aliphatic heterocycles. The Hall–Kier alpha value is -2.69. The lowest BCUT2D eigenvalue weighted by atomic mass is 10.1. The first-order valence-corrected chi connectivity index (χ1v) is 7.35. The van der Waals surface area contributed by atoms with E-state index in [2.05, 4.69) is 5.32 Å². The van der Waals surface area contributed by atoms with Crippen LogP contribution in [-0.4, -0.2) is 23.0 Å². The van der Waals surface area contributed by atoms with Crippen LogP contribution in [0.1, 0.15) is 17.5 Å². The number of aryl methyl sites for hydroxylation is 1. The lowest BCUT2D eigenvalue weighted by Crippen LogP contribution is -2.42. The molecule has 0 aliphatic carbocycles. The van der Waals surface area contributed by atoms with Crippen molar-refractivity contribution in [1.82, 2.24) is 5.32 Å². The third-order valence-corrected chi connectivity index (χ3v) is 3.47. The van der Waals surface area contributed by atoms with Crippen LogP contribution in [-0.2, 0) is 22.4 Å². The molecule has 2 N–H and O–H groups in total. The molecule has 2 rings (SSSR count). The largest absolute Gasteiger partial charge is 0.480 e. The van der Waals surface area contributed by atoms with E-state index in [9.17, 15) is 19.1 Å². The minimum absolute atomic E-state index is 0.118. The predicted octanol–water partition coefficient (Wildman–Crippen LogP) is 2.57. The second-order valence-corrected chi connectivity index (χ2v) is 5.27. The predicted molar refractivity (Wildman–Crippen MR) is 84.4 cm³/mol. The first kappa shape index (κ1) is 16.7. The van der Waals surface area contributed by atoms with E-state index in [1.807, 2.05) is 30.3 Å². The number of amides is 1. The second-order valence-electron chi connectivity index (χ2n) is 5.27. The van der Waals surface area contributed by atoms with Crippen LogP contribution in [0.2, 0.25) is 0 Å². The highest BCUT2D eigenvalue weighted by Crippen LogP contribution is 2.07. The molecule has 5 heteroatoms. The number of carboxylic acid groups (broad SMARTS) is 1. The minimum atomic E-state index is -1.11. The number of benzene rings is 2. The van der Waals surface area contributed by atoms with Gasteiger partial charge in [-0.15, -0.1) is 0 Å². The number of halogens is 1. The number of nitrogens with one attached hydrogen (secondary N) is 1. The van der Waals surface area contributed by atoms with Gasteiger partial charge in [-0.25, -0.2) is 9.18 Å². The van der Waals surface area contributed by atoms with Gasteiger partial charge in [-0.05, 0) is 29.7 Å². The Bertz CT molecular complexity index is 656. The second kappa shape index (κ2) is 8.08. The van der Waals surface area contributed by atoms with Gasteiger partial charge < -0.3 is 10.4 Å². The number of carbonyl (C=O) groups is 2. The standard InChI is InChI=1S/C18H18FNO3/c19-15-9-6-14(7-10-15)12-16(18(22)23)20-17(21)11-8-13-4-2-1-3-5-13/h1-7,9-10,16H,8,11-12H2,(H,20,21)(H,22,23)/t16-/m0/s1. The lowest BCUT2D eigenvalue weighted by Gasteiger charge is -2.14. The maximum Gasteiger partial charge on any atom is 0.326 e. The van der Waals surface area contributed by atoms with E-state index in [1.165, 1.54) is 24.3 Å². The summed E-state index contributed by atoms with van der Waals surface area (Å²) in [6.07, 6.45) is 0.888. The van der Waals surface area contributed by atoms with Crippen LogP contribution in [0.5, 0.6) is 0 Å². The summed E-state index contributed by atoms with van der Waals surface area (Å²) in [5.74, 6) is -1.81. The van der Waals surface area contributed by atoms with Gasteiger partial charge in [0.05, 0.1) is 0 Å². The molecule has 0 saturated heterocycles. The van der Waals surface area contributed by atoms with Gasteiger partial charge in [0.15, 0.2) is 0 Å². The van der Waals surface area contributed by atoms with E-state index >= 15 is 0 Å². The Morgan fingerprint density at radius 2 is 1.65 bits per heavy atom. The van der Waals surface area contributed by atoms with Crippen LogP contribution >= 0.6 is 0 Å². The average Bonchev–Trinajstić information content (AvgIpc) is 2.55. The maximum absolute atomic E-state index is 12.9.